The summed E-state index contributed by atoms with van der Waals surface area (Å²) >= 11 is 0. The zero-order valence-corrected chi connectivity index (χ0v) is 8.40. The van der Waals surface area contributed by atoms with Crippen molar-refractivity contribution >= 4 is 5.91 Å². The molecule has 0 spiro atoms. The second-order valence-electron chi connectivity index (χ2n) is 2.98. The van der Waals surface area contributed by atoms with Gasteiger partial charge < -0.3 is 5.32 Å². The van der Waals surface area contributed by atoms with Gasteiger partial charge in [0, 0.05) is 6.20 Å². The molecule has 3 heteroatoms. The highest BCUT2D eigenvalue weighted by molar-refractivity contribution is 5.87. The van der Waals surface area contributed by atoms with E-state index in [1.54, 1.807) is 12.3 Å². The van der Waals surface area contributed by atoms with Crippen molar-refractivity contribution in [1.29, 1.82) is 0 Å². The first kappa shape index (κ1) is 10.4. The Kier molecular flexibility index (Phi) is 3.85. The van der Waals surface area contributed by atoms with E-state index in [4.69, 9.17) is 0 Å². The number of rotatable bonds is 3. The minimum atomic E-state index is -0.0920. The first-order valence-electron chi connectivity index (χ1n) is 4.58. The van der Waals surface area contributed by atoms with Crippen molar-refractivity contribution in [2.45, 2.75) is 19.9 Å². The van der Waals surface area contributed by atoms with Gasteiger partial charge in [-0.3, -0.25) is 9.78 Å². The Bertz CT molecular complexity index is 319. The normalized spacial score (nSPS) is 12.7. The summed E-state index contributed by atoms with van der Waals surface area (Å²) in [6.07, 6.45) is 4.92. The van der Waals surface area contributed by atoms with E-state index in [-0.39, 0.29) is 11.9 Å². The third-order valence-corrected chi connectivity index (χ3v) is 1.81. The zero-order chi connectivity index (χ0) is 10.4. The van der Waals surface area contributed by atoms with E-state index in [0.29, 0.717) is 0 Å². The Balaban J connectivity index is 2.59. The lowest BCUT2D eigenvalue weighted by atomic mass is 10.2. The molecule has 1 atom stereocenters. The Morgan fingerprint density at radius 3 is 2.93 bits per heavy atom. The van der Waals surface area contributed by atoms with Gasteiger partial charge in [0.1, 0.15) is 0 Å². The van der Waals surface area contributed by atoms with Gasteiger partial charge in [0.15, 0.2) is 0 Å². The van der Waals surface area contributed by atoms with Gasteiger partial charge in [-0.1, -0.05) is 12.1 Å². The molecule has 0 aliphatic rings. The van der Waals surface area contributed by atoms with Crippen LogP contribution in [0.15, 0.2) is 36.5 Å². The standard InChI is InChI=1S/C11H14N2O/c1-3-6-11(14)13-9(2)10-7-4-5-8-12-10/h3-9H,1-2H3,(H,13,14)/b6-3+. The van der Waals surface area contributed by atoms with Crippen LogP contribution in [0.5, 0.6) is 0 Å². The van der Waals surface area contributed by atoms with Gasteiger partial charge in [-0.05, 0) is 32.1 Å². The molecule has 3 nitrogen and oxygen atoms in total. The lowest BCUT2D eigenvalue weighted by molar-refractivity contribution is -0.117. The van der Waals surface area contributed by atoms with Crippen LogP contribution in [0.3, 0.4) is 0 Å². The molecule has 0 bridgehead atoms. The molecule has 0 radical (unpaired) electrons. The molecule has 14 heavy (non-hydrogen) atoms. The molecule has 1 aromatic heterocycles. The maximum atomic E-state index is 11.2. The highest BCUT2D eigenvalue weighted by Crippen LogP contribution is 2.07. The van der Waals surface area contributed by atoms with Crippen LogP contribution < -0.4 is 5.32 Å². The molecule has 74 valence electrons. The third-order valence-electron chi connectivity index (χ3n) is 1.81. The number of nitrogens with zero attached hydrogens (tertiary/aromatic N) is 1. The number of carbonyl (C=O) groups is 1. The summed E-state index contributed by atoms with van der Waals surface area (Å²) in [7, 11) is 0. The average molecular weight is 190 g/mol. The van der Waals surface area contributed by atoms with Crippen molar-refractivity contribution in [2.24, 2.45) is 0 Å². The van der Waals surface area contributed by atoms with E-state index in [1.165, 1.54) is 6.08 Å². The molecule has 1 heterocycles. The first-order valence-corrected chi connectivity index (χ1v) is 4.58. The van der Waals surface area contributed by atoms with Crippen LogP contribution in [0.4, 0.5) is 0 Å². The highest BCUT2D eigenvalue weighted by Gasteiger charge is 2.06. The van der Waals surface area contributed by atoms with E-state index in [2.05, 4.69) is 10.3 Å². The van der Waals surface area contributed by atoms with Crippen LogP contribution in [0.1, 0.15) is 25.6 Å². The monoisotopic (exact) mass is 190 g/mol. The number of amides is 1. The molecular weight excluding hydrogens is 176 g/mol. The van der Waals surface area contributed by atoms with Gasteiger partial charge >= 0.3 is 0 Å². The molecule has 1 unspecified atom stereocenters. The fourth-order valence-corrected chi connectivity index (χ4v) is 1.12. The summed E-state index contributed by atoms with van der Waals surface area (Å²) in [5.74, 6) is -0.0920. The van der Waals surface area contributed by atoms with E-state index in [1.807, 2.05) is 32.0 Å². The largest absolute Gasteiger partial charge is 0.344 e. The molecule has 0 saturated carbocycles. The molecule has 1 rings (SSSR count). The molecule has 0 aliphatic carbocycles. The number of aromatic nitrogens is 1. The first-order chi connectivity index (χ1) is 6.74. The smallest absolute Gasteiger partial charge is 0.244 e. The van der Waals surface area contributed by atoms with E-state index in [9.17, 15) is 4.79 Å². The predicted octanol–water partition coefficient (Wildman–Crippen LogP) is 1.83. The number of hydrogen-bond donors (Lipinski definition) is 1. The molecule has 1 amide bonds. The van der Waals surface area contributed by atoms with Crippen LogP contribution in [0.2, 0.25) is 0 Å². The molecular formula is C11H14N2O. The van der Waals surface area contributed by atoms with Gasteiger partial charge in [0.25, 0.3) is 0 Å². The Hall–Kier alpha value is -1.64. The SMILES string of the molecule is C/C=C/C(=O)NC(C)c1ccccn1. The number of allylic oxidation sites excluding steroid dienone is 1. The van der Waals surface area contributed by atoms with Crippen LogP contribution in [0, 0.1) is 0 Å². The van der Waals surface area contributed by atoms with Gasteiger partial charge in [-0.25, -0.2) is 0 Å². The van der Waals surface area contributed by atoms with Crippen molar-refractivity contribution in [3.63, 3.8) is 0 Å². The summed E-state index contributed by atoms with van der Waals surface area (Å²) in [5.41, 5.74) is 0.866. The number of pyridine rings is 1. The summed E-state index contributed by atoms with van der Waals surface area (Å²) < 4.78 is 0. The Labute approximate surface area is 83.9 Å². The van der Waals surface area contributed by atoms with Gasteiger partial charge in [-0.15, -0.1) is 0 Å². The minimum Gasteiger partial charge on any atom is -0.344 e. The van der Waals surface area contributed by atoms with Crippen molar-refractivity contribution in [3.05, 3.63) is 42.2 Å². The fraction of sp³-hybridized carbons (Fsp3) is 0.273. The lowest BCUT2D eigenvalue weighted by Gasteiger charge is -2.11. The van der Waals surface area contributed by atoms with E-state index in [0.717, 1.165) is 5.69 Å². The Morgan fingerprint density at radius 1 is 1.57 bits per heavy atom. The van der Waals surface area contributed by atoms with Gasteiger partial charge in [0.2, 0.25) is 5.91 Å². The van der Waals surface area contributed by atoms with Crippen molar-refractivity contribution in [1.82, 2.24) is 10.3 Å². The summed E-state index contributed by atoms with van der Waals surface area (Å²) in [4.78, 5) is 15.4. The minimum absolute atomic E-state index is 0.0556. The molecule has 0 fully saturated rings. The van der Waals surface area contributed by atoms with Crippen molar-refractivity contribution in [2.75, 3.05) is 0 Å². The summed E-state index contributed by atoms with van der Waals surface area (Å²) in [6.45, 7) is 3.72. The van der Waals surface area contributed by atoms with Crippen LogP contribution in [0.25, 0.3) is 0 Å². The number of hydrogen-bond acceptors (Lipinski definition) is 2. The maximum Gasteiger partial charge on any atom is 0.244 e. The van der Waals surface area contributed by atoms with Crippen molar-refractivity contribution < 1.29 is 4.79 Å². The summed E-state index contributed by atoms with van der Waals surface area (Å²) in [5, 5.41) is 2.81. The average Bonchev–Trinajstić information content (AvgIpc) is 2.19. The molecule has 0 aromatic carbocycles. The van der Waals surface area contributed by atoms with Crippen LogP contribution in [-0.4, -0.2) is 10.9 Å². The van der Waals surface area contributed by atoms with Gasteiger partial charge in [0.05, 0.1) is 11.7 Å². The van der Waals surface area contributed by atoms with Crippen LogP contribution >= 0.6 is 0 Å². The van der Waals surface area contributed by atoms with E-state index < -0.39 is 0 Å². The predicted molar refractivity (Wildman–Crippen MR) is 55.6 cm³/mol. The molecule has 1 N–H and O–H groups in total. The third kappa shape index (κ3) is 3.01. The number of nitrogens with one attached hydrogen (secondary N) is 1. The molecule has 0 saturated heterocycles. The van der Waals surface area contributed by atoms with Crippen molar-refractivity contribution in [3.8, 4) is 0 Å². The fourth-order valence-electron chi connectivity index (χ4n) is 1.12. The maximum absolute atomic E-state index is 11.2. The lowest BCUT2D eigenvalue weighted by Crippen LogP contribution is -2.25. The van der Waals surface area contributed by atoms with Gasteiger partial charge in [-0.2, -0.15) is 0 Å². The number of carbonyl (C=O) groups excluding carboxylic acids is 1. The quantitative estimate of drug-likeness (QED) is 0.739. The second kappa shape index (κ2) is 5.17. The highest BCUT2D eigenvalue weighted by atomic mass is 16.1. The summed E-state index contributed by atoms with van der Waals surface area (Å²) in [6, 6.07) is 5.59. The zero-order valence-electron chi connectivity index (χ0n) is 8.40. The molecule has 0 aliphatic heterocycles. The Morgan fingerprint density at radius 2 is 2.36 bits per heavy atom. The molecule has 1 aromatic rings. The van der Waals surface area contributed by atoms with E-state index >= 15 is 0 Å². The topological polar surface area (TPSA) is 42.0 Å². The second-order valence-corrected chi connectivity index (χ2v) is 2.98. The van der Waals surface area contributed by atoms with Crippen LogP contribution in [-0.2, 0) is 4.79 Å².